The number of rotatable bonds is 8. The van der Waals surface area contributed by atoms with Gasteiger partial charge in [-0.15, -0.1) is 0 Å². The van der Waals surface area contributed by atoms with E-state index in [4.69, 9.17) is 9.84 Å². The second-order valence-electron chi connectivity index (χ2n) is 6.08. The molecule has 1 aliphatic rings. The fourth-order valence-corrected chi connectivity index (χ4v) is 3.95. The molecule has 134 valence electrons. The number of ether oxygens (including phenoxy) is 1. The van der Waals surface area contributed by atoms with Gasteiger partial charge in [0, 0.05) is 26.7 Å². The van der Waals surface area contributed by atoms with Gasteiger partial charge in [0.1, 0.15) is 0 Å². The zero-order valence-electron chi connectivity index (χ0n) is 14.0. The van der Waals surface area contributed by atoms with Gasteiger partial charge in [-0.2, -0.15) is 0 Å². The van der Waals surface area contributed by atoms with Crippen molar-refractivity contribution in [3.63, 3.8) is 0 Å². The molecule has 1 saturated heterocycles. The summed E-state index contributed by atoms with van der Waals surface area (Å²) in [6.07, 6.45) is 0.931. The molecule has 1 aliphatic heterocycles. The number of hydrogen-bond donors (Lipinski definition) is 2. The van der Waals surface area contributed by atoms with Gasteiger partial charge in [0.2, 0.25) is 10.0 Å². The number of benzene rings is 1. The highest BCUT2D eigenvalue weighted by atomic mass is 32.2. The highest BCUT2D eigenvalue weighted by molar-refractivity contribution is 7.89. The predicted molar refractivity (Wildman–Crippen MR) is 89.7 cm³/mol. The molecule has 0 radical (unpaired) electrons. The molecule has 0 amide bonds. The number of nitrogens with zero attached hydrogens (tertiary/aromatic N) is 1. The number of aromatic carboxylic acids is 1. The van der Waals surface area contributed by atoms with Crippen LogP contribution in [0.3, 0.4) is 0 Å². The molecule has 8 heteroatoms. The van der Waals surface area contributed by atoms with Crippen LogP contribution < -0.4 is 4.72 Å². The number of aryl methyl sites for hydroxylation is 1. The van der Waals surface area contributed by atoms with E-state index in [1.165, 1.54) is 18.2 Å². The van der Waals surface area contributed by atoms with Crippen LogP contribution in [0.1, 0.15) is 22.3 Å². The van der Waals surface area contributed by atoms with E-state index >= 15 is 0 Å². The molecule has 0 unspecified atom stereocenters. The van der Waals surface area contributed by atoms with Gasteiger partial charge in [-0.3, -0.25) is 0 Å². The summed E-state index contributed by atoms with van der Waals surface area (Å²) in [4.78, 5) is 13.4. The van der Waals surface area contributed by atoms with Crippen LogP contribution in [0.15, 0.2) is 23.1 Å². The molecule has 0 spiro atoms. The average Bonchev–Trinajstić information content (AvgIpc) is 2.99. The number of carbonyl (C=O) groups is 1. The van der Waals surface area contributed by atoms with Crippen molar-refractivity contribution in [3.05, 3.63) is 29.3 Å². The minimum Gasteiger partial charge on any atom is -0.478 e. The minimum absolute atomic E-state index is 0.00415. The summed E-state index contributed by atoms with van der Waals surface area (Å²) in [6, 6.07) is 4.16. The quantitative estimate of drug-likeness (QED) is 0.720. The van der Waals surface area contributed by atoms with Crippen LogP contribution in [0.25, 0.3) is 0 Å². The largest absolute Gasteiger partial charge is 0.478 e. The fourth-order valence-electron chi connectivity index (χ4n) is 2.81. The lowest BCUT2D eigenvalue weighted by atomic mass is 10.1. The average molecular weight is 356 g/mol. The van der Waals surface area contributed by atoms with Gasteiger partial charge in [-0.1, -0.05) is 6.07 Å². The van der Waals surface area contributed by atoms with Crippen molar-refractivity contribution in [2.45, 2.75) is 18.2 Å². The molecule has 0 aromatic heterocycles. The van der Waals surface area contributed by atoms with E-state index in [9.17, 15) is 13.2 Å². The van der Waals surface area contributed by atoms with Crippen LogP contribution in [-0.2, 0) is 14.8 Å². The first-order chi connectivity index (χ1) is 11.3. The lowest BCUT2D eigenvalue weighted by Gasteiger charge is -2.16. The van der Waals surface area contributed by atoms with Crippen LogP contribution in [0.4, 0.5) is 0 Å². The van der Waals surface area contributed by atoms with Crippen molar-refractivity contribution in [2.24, 2.45) is 5.92 Å². The van der Waals surface area contributed by atoms with E-state index in [0.717, 1.165) is 26.1 Å². The second kappa shape index (κ2) is 8.06. The summed E-state index contributed by atoms with van der Waals surface area (Å²) in [5, 5.41) is 9.13. The molecule has 1 fully saturated rings. The van der Waals surface area contributed by atoms with Gasteiger partial charge in [0.05, 0.1) is 17.1 Å². The third-order valence-corrected chi connectivity index (χ3v) is 5.71. The number of nitrogens with one attached hydrogen (secondary N) is 1. The highest BCUT2D eigenvalue weighted by Gasteiger charge is 2.24. The number of likely N-dealkylation sites (tertiary alicyclic amines) is 1. The van der Waals surface area contributed by atoms with E-state index in [1.54, 1.807) is 14.0 Å². The maximum absolute atomic E-state index is 12.4. The molecule has 1 heterocycles. The van der Waals surface area contributed by atoms with Crippen molar-refractivity contribution < 1.29 is 23.1 Å². The molecule has 1 atom stereocenters. The Kier molecular flexibility index (Phi) is 6.34. The van der Waals surface area contributed by atoms with Gasteiger partial charge >= 0.3 is 5.97 Å². The Hall–Kier alpha value is -1.48. The first-order valence-electron chi connectivity index (χ1n) is 7.88. The molecule has 7 nitrogen and oxygen atoms in total. The van der Waals surface area contributed by atoms with Gasteiger partial charge in [-0.05, 0) is 43.5 Å². The normalized spacial score (nSPS) is 18.8. The topological polar surface area (TPSA) is 95.9 Å². The summed E-state index contributed by atoms with van der Waals surface area (Å²) in [7, 11) is -2.05. The summed E-state index contributed by atoms with van der Waals surface area (Å²) in [6.45, 7) is 5.27. The lowest BCUT2D eigenvalue weighted by molar-refractivity contribution is 0.0696. The third kappa shape index (κ3) is 4.76. The Morgan fingerprint density at radius 1 is 1.46 bits per heavy atom. The van der Waals surface area contributed by atoms with Crippen LogP contribution in [-0.4, -0.2) is 64.3 Å². The van der Waals surface area contributed by atoms with Crippen LogP contribution in [0.2, 0.25) is 0 Å². The molecule has 2 N–H and O–H groups in total. The van der Waals surface area contributed by atoms with Gasteiger partial charge in [-0.25, -0.2) is 17.9 Å². The maximum Gasteiger partial charge on any atom is 0.335 e. The smallest absolute Gasteiger partial charge is 0.335 e. The van der Waals surface area contributed by atoms with Crippen LogP contribution in [0.5, 0.6) is 0 Å². The van der Waals surface area contributed by atoms with Crippen molar-refractivity contribution >= 4 is 16.0 Å². The van der Waals surface area contributed by atoms with E-state index in [1.807, 2.05) is 0 Å². The van der Waals surface area contributed by atoms with E-state index in [2.05, 4.69) is 9.62 Å². The van der Waals surface area contributed by atoms with Gasteiger partial charge < -0.3 is 14.7 Å². The molecule has 0 bridgehead atoms. The van der Waals surface area contributed by atoms with Crippen molar-refractivity contribution in [1.29, 1.82) is 0 Å². The highest BCUT2D eigenvalue weighted by Crippen LogP contribution is 2.18. The number of hydrogen-bond acceptors (Lipinski definition) is 5. The molecule has 1 aromatic rings. The maximum atomic E-state index is 12.4. The molecule has 0 saturated carbocycles. The first-order valence-corrected chi connectivity index (χ1v) is 9.36. The SMILES string of the molecule is COCCN1CC[C@H](CNS(=O)(=O)c2ccc(C)c(C(=O)O)c2)C1. The van der Waals surface area contributed by atoms with Crippen molar-refractivity contribution in [1.82, 2.24) is 9.62 Å². The second-order valence-corrected chi connectivity index (χ2v) is 7.85. The van der Waals surface area contributed by atoms with E-state index in [-0.39, 0.29) is 16.4 Å². The fraction of sp³-hybridized carbons (Fsp3) is 0.562. The van der Waals surface area contributed by atoms with Gasteiger partial charge in [0.15, 0.2) is 0 Å². The minimum atomic E-state index is -3.71. The van der Waals surface area contributed by atoms with Crippen LogP contribution in [0, 0.1) is 12.8 Å². The van der Waals surface area contributed by atoms with Crippen molar-refractivity contribution in [3.8, 4) is 0 Å². The molecule has 24 heavy (non-hydrogen) atoms. The lowest BCUT2D eigenvalue weighted by Crippen LogP contribution is -2.32. The number of carboxylic acid groups (broad SMARTS) is 1. The Morgan fingerprint density at radius 3 is 2.88 bits per heavy atom. The standard InChI is InChI=1S/C16H24N2O5S/c1-12-3-4-14(9-15(12)16(19)20)24(21,22)17-10-13-5-6-18(11-13)7-8-23-2/h3-4,9,13,17H,5-8,10-11H2,1-2H3,(H,19,20)/t13-/m1/s1. The molecule has 0 aliphatic carbocycles. The Labute approximate surface area is 142 Å². The first kappa shape index (κ1) is 18.9. The summed E-state index contributed by atoms with van der Waals surface area (Å²) < 4.78 is 32.4. The molecule has 1 aromatic carbocycles. The monoisotopic (exact) mass is 356 g/mol. The van der Waals surface area contributed by atoms with E-state index < -0.39 is 16.0 Å². The third-order valence-electron chi connectivity index (χ3n) is 4.29. The molecular weight excluding hydrogens is 332 g/mol. The number of methoxy groups -OCH3 is 1. The van der Waals surface area contributed by atoms with Crippen LogP contribution >= 0.6 is 0 Å². The summed E-state index contributed by atoms with van der Waals surface area (Å²) >= 11 is 0. The van der Waals surface area contributed by atoms with Gasteiger partial charge in [0.25, 0.3) is 0 Å². The number of sulfonamides is 1. The zero-order valence-corrected chi connectivity index (χ0v) is 14.8. The van der Waals surface area contributed by atoms with E-state index in [0.29, 0.717) is 18.7 Å². The molecular formula is C16H24N2O5S. The zero-order chi connectivity index (χ0) is 17.7. The predicted octanol–water partition coefficient (Wildman–Crippen LogP) is 0.940. The summed E-state index contributed by atoms with van der Waals surface area (Å²) in [5.41, 5.74) is 0.538. The Balaban J connectivity index is 1.97. The number of carboxylic acids is 1. The Bertz CT molecular complexity index is 690. The molecule has 2 rings (SSSR count). The summed E-state index contributed by atoms with van der Waals surface area (Å²) in [5.74, 6) is -0.879. The Morgan fingerprint density at radius 2 is 2.21 bits per heavy atom. The van der Waals surface area contributed by atoms with Crippen molar-refractivity contribution in [2.75, 3.05) is 39.9 Å².